The summed E-state index contributed by atoms with van der Waals surface area (Å²) >= 11 is 3.44. The molecule has 0 amide bonds. The van der Waals surface area contributed by atoms with E-state index >= 15 is 0 Å². The van der Waals surface area contributed by atoms with Gasteiger partial charge in [-0.25, -0.2) is 0 Å². The smallest absolute Gasteiger partial charge is 0.123 e. The molecule has 1 aliphatic heterocycles. The van der Waals surface area contributed by atoms with Crippen molar-refractivity contribution in [1.29, 1.82) is 0 Å². The molecule has 0 spiro atoms. The zero-order valence-electron chi connectivity index (χ0n) is 5.28. The molecule has 2 heterocycles. The maximum atomic E-state index is 4.20. The van der Waals surface area contributed by atoms with E-state index in [1.165, 1.54) is 4.88 Å². The van der Waals surface area contributed by atoms with Gasteiger partial charge in [-0.3, -0.25) is 4.99 Å². The predicted molar refractivity (Wildman–Crippen MR) is 47.0 cm³/mol. The molecule has 0 N–H and O–H groups in total. The third-order valence-corrected chi connectivity index (χ3v) is 3.08. The zero-order chi connectivity index (χ0) is 6.81. The second-order valence-corrected chi connectivity index (χ2v) is 3.85. The van der Waals surface area contributed by atoms with Crippen LogP contribution in [0.15, 0.2) is 22.5 Å². The van der Waals surface area contributed by atoms with Crippen molar-refractivity contribution in [3.63, 3.8) is 0 Å². The van der Waals surface area contributed by atoms with E-state index in [0.29, 0.717) is 6.04 Å². The van der Waals surface area contributed by atoms with E-state index in [1.54, 1.807) is 23.1 Å². The topological polar surface area (TPSA) is 12.4 Å². The highest BCUT2D eigenvalue weighted by Gasteiger charge is 2.13. The van der Waals surface area contributed by atoms with Crippen molar-refractivity contribution in [2.24, 2.45) is 4.99 Å². The van der Waals surface area contributed by atoms with Gasteiger partial charge in [-0.2, -0.15) is 0 Å². The molecule has 1 aromatic heterocycles. The van der Waals surface area contributed by atoms with Crippen LogP contribution in [-0.4, -0.2) is 11.3 Å². The fourth-order valence-electron chi connectivity index (χ4n) is 0.881. The lowest BCUT2D eigenvalue weighted by atomic mass is 10.3. The fraction of sp³-hybridized carbons (Fsp3) is 0.286. The molecule has 1 aliphatic rings. The fourth-order valence-corrected chi connectivity index (χ4v) is 2.44. The molecule has 1 atom stereocenters. The Bertz CT molecular complexity index is 228. The van der Waals surface area contributed by atoms with Crippen LogP contribution in [0.2, 0.25) is 0 Å². The van der Waals surface area contributed by atoms with E-state index in [9.17, 15) is 0 Å². The number of aliphatic imine (C=N–C) groups is 1. The average Bonchev–Trinajstić information content (AvgIpc) is 2.59. The van der Waals surface area contributed by atoms with Gasteiger partial charge in [-0.05, 0) is 11.4 Å². The van der Waals surface area contributed by atoms with Gasteiger partial charge in [-0.15, -0.1) is 23.1 Å². The Hall–Kier alpha value is -0.280. The van der Waals surface area contributed by atoms with Gasteiger partial charge in [0.15, 0.2) is 0 Å². The lowest BCUT2D eigenvalue weighted by Gasteiger charge is -1.99. The maximum Gasteiger partial charge on any atom is 0.123 e. The molecule has 1 aromatic rings. The third-order valence-electron chi connectivity index (χ3n) is 1.39. The van der Waals surface area contributed by atoms with Crippen molar-refractivity contribution >= 4 is 28.6 Å². The molecule has 0 aromatic carbocycles. The SMILES string of the molecule is [C]1=NC(c2cccs2)CS1. The number of nitrogens with zero attached hydrogens (tertiary/aromatic N) is 1. The minimum Gasteiger partial charge on any atom is -0.266 e. The molecule has 0 saturated heterocycles. The van der Waals surface area contributed by atoms with Crippen molar-refractivity contribution in [3.8, 4) is 0 Å². The van der Waals surface area contributed by atoms with Crippen LogP contribution in [0, 0.1) is 0 Å². The first-order valence-corrected chi connectivity index (χ1v) is 4.93. The summed E-state index contributed by atoms with van der Waals surface area (Å²) in [5.74, 6) is 1.07. The summed E-state index contributed by atoms with van der Waals surface area (Å²) < 4.78 is 0. The van der Waals surface area contributed by atoms with Gasteiger partial charge in [0.25, 0.3) is 0 Å². The molecular weight excluding hydrogens is 162 g/mol. The highest BCUT2D eigenvalue weighted by atomic mass is 32.2. The van der Waals surface area contributed by atoms with Crippen molar-refractivity contribution in [2.45, 2.75) is 6.04 Å². The third kappa shape index (κ3) is 1.11. The van der Waals surface area contributed by atoms with Gasteiger partial charge in [0, 0.05) is 10.6 Å². The van der Waals surface area contributed by atoms with Crippen LogP contribution in [0.25, 0.3) is 0 Å². The van der Waals surface area contributed by atoms with E-state index in [0.717, 1.165) is 5.75 Å². The van der Waals surface area contributed by atoms with Crippen LogP contribution in [-0.2, 0) is 0 Å². The van der Waals surface area contributed by atoms with Gasteiger partial charge < -0.3 is 0 Å². The predicted octanol–water partition coefficient (Wildman–Crippen LogP) is 2.44. The summed E-state index contributed by atoms with van der Waals surface area (Å²) in [6.45, 7) is 0. The molecule has 0 bridgehead atoms. The number of hydrogen-bond acceptors (Lipinski definition) is 3. The van der Waals surface area contributed by atoms with E-state index in [2.05, 4.69) is 28.1 Å². The lowest BCUT2D eigenvalue weighted by Crippen LogP contribution is -1.88. The molecule has 1 unspecified atom stereocenters. The number of rotatable bonds is 1. The molecular formula is C7H6NS2. The summed E-state index contributed by atoms with van der Waals surface area (Å²) in [4.78, 5) is 5.56. The molecule has 2 rings (SSSR count). The van der Waals surface area contributed by atoms with Crippen molar-refractivity contribution in [3.05, 3.63) is 22.4 Å². The second-order valence-electron chi connectivity index (χ2n) is 2.06. The molecule has 0 saturated carbocycles. The Morgan fingerprint density at radius 2 is 2.70 bits per heavy atom. The summed E-state index contributed by atoms with van der Waals surface area (Å²) in [5, 5.41) is 2.09. The second kappa shape index (κ2) is 2.76. The Kier molecular flexibility index (Phi) is 1.78. The molecule has 1 nitrogen and oxygen atoms in total. The standard InChI is InChI=1S/C7H6NS2/c1-2-7(10-3-1)6-4-9-5-8-6/h1-3,6H,4H2. The van der Waals surface area contributed by atoms with E-state index < -0.39 is 0 Å². The normalized spacial score (nSPS) is 23.8. The van der Waals surface area contributed by atoms with E-state index in [1.807, 2.05) is 0 Å². The zero-order valence-corrected chi connectivity index (χ0v) is 6.91. The number of thioether (sulfide) groups is 1. The van der Waals surface area contributed by atoms with Crippen LogP contribution >= 0.6 is 23.1 Å². The monoisotopic (exact) mass is 168 g/mol. The molecule has 0 fully saturated rings. The largest absolute Gasteiger partial charge is 0.266 e. The Morgan fingerprint density at radius 3 is 3.30 bits per heavy atom. The molecule has 10 heavy (non-hydrogen) atoms. The number of hydrogen-bond donors (Lipinski definition) is 0. The molecule has 51 valence electrons. The van der Waals surface area contributed by atoms with Crippen LogP contribution in [0.4, 0.5) is 0 Å². The summed E-state index contributed by atoms with van der Waals surface area (Å²) in [6.07, 6.45) is 0. The van der Waals surface area contributed by atoms with Gasteiger partial charge in [0.05, 0.1) is 6.04 Å². The van der Waals surface area contributed by atoms with E-state index in [4.69, 9.17) is 0 Å². The van der Waals surface area contributed by atoms with Gasteiger partial charge in [-0.1, -0.05) is 6.07 Å². The van der Waals surface area contributed by atoms with Crippen molar-refractivity contribution in [2.75, 3.05) is 5.75 Å². The number of thiophene rings is 1. The first-order valence-electron chi connectivity index (χ1n) is 3.07. The quantitative estimate of drug-likeness (QED) is 0.627. The average molecular weight is 168 g/mol. The Balaban J connectivity index is 2.20. The molecule has 0 aliphatic carbocycles. The Morgan fingerprint density at radius 1 is 1.70 bits per heavy atom. The van der Waals surface area contributed by atoms with Crippen molar-refractivity contribution < 1.29 is 0 Å². The van der Waals surface area contributed by atoms with Gasteiger partial charge in [0.2, 0.25) is 0 Å². The van der Waals surface area contributed by atoms with Crippen molar-refractivity contribution in [1.82, 2.24) is 0 Å². The van der Waals surface area contributed by atoms with Crippen LogP contribution < -0.4 is 0 Å². The minimum atomic E-state index is 0.394. The highest BCUT2D eigenvalue weighted by Crippen LogP contribution is 2.29. The van der Waals surface area contributed by atoms with E-state index in [-0.39, 0.29) is 0 Å². The van der Waals surface area contributed by atoms with Crippen LogP contribution in [0.3, 0.4) is 0 Å². The molecule has 1 radical (unpaired) electrons. The van der Waals surface area contributed by atoms with Crippen LogP contribution in [0.1, 0.15) is 10.9 Å². The summed E-state index contributed by atoms with van der Waals surface area (Å²) in [6, 6.07) is 4.59. The minimum absolute atomic E-state index is 0.394. The summed E-state index contributed by atoms with van der Waals surface area (Å²) in [5.41, 5.74) is 2.91. The van der Waals surface area contributed by atoms with Gasteiger partial charge in [0.1, 0.15) is 5.55 Å². The highest BCUT2D eigenvalue weighted by molar-refractivity contribution is 8.12. The molecule has 3 heteroatoms. The van der Waals surface area contributed by atoms with Gasteiger partial charge >= 0.3 is 0 Å². The lowest BCUT2D eigenvalue weighted by molar-refractivity contribution is 0.874. The Labute approximate surface area is 68.2 Å². The maximum absolute atomic E-state index is 4.20. The summed E-state index contributed by atoms with van der Waals surface area (Å²) in [7, 11) is 0. The first kappa shape index (κ1) is 6.43. The first-order chi connectivity index (χ1) is 4.97. The van der Waals surface area contributed by atoms with Crippen LogP contribution in [0.5, 0.6) is 0 Å².